The first-order chi connectivity index (χ1) is 21.5. The van der Waals surface area contributed by atoms with Crippen molar-refractivity contribution in [2.24, 2.45) is 5.92 Å². The summed E-state index contributed by atoms with van der Waals surface area (Å²) in [5, 5.41) is 12.9. The number of benzene rings is 3. The number of halogens is 3. The molecule has 0 bridgehead atoms. The molecule has 1 saturated heterocycles. The molecule has 1 aliphatic rings. The predicted octanol–water partition coefficient (Wildman–Crippen LogP) is 8.93. The topological polar surface area (TPSA) is 69.6 Å². The molecule has 3 atom stereocenters. The van der Waals surface area contributed by atoms with Crippen LogP contribution in [0.3, 0.4) is 0 Å². The SMILES string of the molecule is CCCCCC1CCN(CCCC(C)(CC(=O)O)c2ccccc2)C(NC(=O)c2ccccc2-c2ccc(C(F)(F)F)cc2)C1. The van der Waals surface area contributed by atoms with Gasteiger partial charge in [-0.3, -0.25) is 14.5 Å². The molecule has 3 unspecified atom stereocenters. The van der Waals surface area contributed by atoms with Crippen LogP contribution in [0, 0.1) is 5.92 Å². The third-order valence-electron chi connectivity index (χ3n) is 9.22. The van der Waals surface area contributed by atoms with Crippen LogP contribution in [0.4, 0.5) is 13.2 Å². The molecule has 1 aliphatic heterocycles. The Morgan fingerprint density at radius 3 is 2.27 bits per heavy atom. The molecule has 0 saturated carbocycles. The lowest BCUT2D eigenvalue weighted by Gasteiger charge is -2.40. The van der Waals surface area contributed by atoms with Crippen molar-refractivity contribution in [2.45, 2.75) is 89.4 Å². The monoisotopic (exact) mass is 622 g/mol. The molecule has 5 nitrogen and oxygen atoms in total. The Labute approximate surface area is 264 Å². The zero-order valence-corrected chi connectivity index (χ0v) is 26.3. The number of amides is 1. The van der Waals surface area contributed by atoms with Crippen molar-refractivity contribution in [3.63, 3.8) is 0 Å². The second-order valence-corrected chi connectivity index (χ2v) is 12.6. The maximum atomic E-state index is 13.8. The summed E-state index contributed by atoms with van der Waals surface area (Å²) in [7, 11) is 0. The Bertz CT molecular complexity index is 1390. The predicted molar refractivity (Wildman–Crippen MR) is 172 cm³/mol. The van der Waals surface area contributed by atoms with Crippen LogP contribution in [0.5, 0.6) is 0 Å². The van der Waals surface area contributed by atoms with E-state index in [1.54, 1.807) is 24.3 Å². The van der Waals surface area contributed by atoms with Crippen LogP contribution < -0.4 is 5.32 Å². The number of carboxylic acid groups (broad SMARTS) is 1. The largest absolute Gasteiger partial charge is 0.481 e. The van der Waals surface area contributed by atoms with Gasteiger partial charge in [-0.05, 0) is 66.5 Å². The first-order valence-electron chi connectivity index (χ1n) is 16.1. The molecule has 3 aromatic carbocycles. The van der Waals surface area contributed by atoms with Gasteiger partial charge in [-0.2, -0.15) is 13.2 Å². The highest BCUT2D eigenvalue weighted by molar-refractivity contribution is 6.01. The summed E-state index contributed by atoms with van der Waals surface area (Å²) in [4.78, 5) is 27.9. The number of nitrogens with zero attached hydrogens (tertiary/aromatic N) is 1. The van der Waals surface area contributed by atoms with Gasteiger partial charge in [-0.1, -0.05) is 100 Å². The number of rotatable bonds is 14. The number of carboxylic acids is 1. The summed E-state index contributed by atoms with van der Waals surface area (Å²) < 4.78 is 39.5. The maximum Gasteiger partial charge on any atom is 0.416 e. The van der Waals surface area contributed by atoms with Crippen LogP contribution in [0.1, 0.15) is 93.1 Å². The van der Waals surface area contributed by atoms with Gasteiger partial charge in [0.1, 0.15) is 0 Å². The molecular formula is C37H45F3N2O3. The van der Waals surface area contributed by atoms with Crippen molar-refractivity contribution >= 4 is 11.9 Å². The fraction of sp³-hybridized carbons (Fsp3) is 0.459. The van der Waals surface area contributed by atoms with E-state index in [0.717, 1.165) is 69.3 Å². The molecule has 8 heteroatoms. The number of unbranched alkanes of at least 4 members (excludes halogenated alkanes) is 2. The van der Waals surface area contributed by atoms with Gasteiger partial charge < -0.3 is 10.4 Å². The number of carbonyl (C=O) groups is 2. The minimum absolute atomic E-state index is 0.0391. The first-order valence-corrected chi connectivity index (χ1v) is 16.1. The molecule has 0 aromatic heterocycles. The van der Waals surface area contributed by atoms with E-state index in [-0.39, 0.29) is 18.5 Å². The van der Waals surface area contributed by atoms with E-state index in [1.807, 2.05) is 37.3 Å². The van der Waals surface area contributed by atoms with Gasteiger partial charge in [-0.25, -0.2) is 0 Å². The summed E-state index contributed by atoms with van der Waals surface area (Å²) in [6.45, 7) is 5.75. The summed E-state index contributed by atoms with van der Waals surface area (Å²) >= 11 is 0. The van der Waals surface area contributed by atoms with Gasteiger partial charge in [0.15, 0.2) is 0 Å². The lowest BCUT2D eigenvalue weighted by atomic mass is 9.76. The van der Waals surface area contributed by atoms with E-state index < -0.39 is 23.1 Å². The van der Waals surface area contributed by atoms with Crippen molar-refractivity contribution in [3.8, 4) is 11.1 Å². The number of aliphatic carboxylic acids is 1. The molecule has 1 fully saturated rings. The molecule has 4 rings (SSSR count). The van der Waals surface area contributed by atoms with E-state index >= 15 is 0 Å². The highest BCUT2D eigenvalue weighted by Gasteiger charge is 2.33. The Kier molecular flexibility index (Phi) is 11.8. The van der Waals surface area contributed by atoms with Gasteiger partial charge in [0.25, 0.3) is 5.91 Å². The molecule has 0 radical (unpaired) electrons. The highest BCUT2D eigenvalue weighted by Crippen LogP contribution is 2.35. The third-order valence-corrected chi connectivity index (χ3v) is 9.22. The minimum atomic E-state index is -4.43. The second-order valence-electron chi connectivity index (χ2n) is 12.6. The van der Waals surface area contributed by atoms with Crippen molar-refractivity contribution < 1.29 is 27.9 Å². The number of alkyl halides is 3. The molecule has 3 aromatic rings. The maximum absolute atomic E-state index is 13.8. The van der Waals surface area contributed by atoms with Gasteiger partial charge in [0.2, 0.25) is 0 Å². The normalized spacial score (nSPS) is 18.7. The zero-order valence-electron chi connectivity index (χ0n) is 26.3. The summed E-state index contributed by atoms with van der Waals surface area (Å²) in [6.07, 6.45) is 3.34. The van der Waals surface area contributed by atoms with Crippen LogP contribution in [0.2, 0.25) is 0 Å². The Morgan fingerprint density at radius 1 is 0.911 bits per heavy atom. The minimum Gasteiger partial charge on any atom is -0.481 e. The molecule has 1 heterocycles. The van der Waals surface area contributed by atoms with E-state index in [1.165, 1.54) is 18.6 Å². The van der Waals surface area contributed by atoms with Gasteiger partial charge in [0.05, 0.1) is 18.2 Å². The van der Waals surface area contributed by atoms with E-state index in [4.69, 9.17) is 0 Å². The van der Waals surface area contributed by atoms with Crippen LogP contribution in [0.25, 0.3) is 11.1 Å². The quantitative estimate of drug-likeness (QED) is 0.176. The molecule has 1 amide bonds. The number of nitrogens with one attached hydrogen (secondary N) is 1. The van der Waals surface area contributed by atoms with Crippen LogP contribution >= 0.6 is 0 Å². The molecule has 242 valence electrons. The summed E-state index contributed by atoms with van der Waals surface area (Å²) in [5.41, 5.74) is 1.32. The fourth-order valence-electron chi connectivity index (χ4n) is 6.63. The fourth-order valence-corrected chi connectivity index (χ4v) is 6.63. The smallest absolute Gasteiger partial charge is 0.416 e. The van der Waals surface area contributed by atoms with Crippen molar-refractivity contribution in [1.29, 1.82) is 0 Å². The number of piperidine rings is 1. The number of hydrogen-bond acceptors (Lipinski definition) is 3. The lowest BCUT2D eigenvalue weighted by Crippen LogP contribution is -2.53. The first kappa shape index (κ1) is 34.2. The Balaban J connectivity index is 1.50. The summed E-state index contributed by atoms with van der Waals surface area (Å²) in [5.74, 6) is -0.592. The number of hydrogen-bond donors (Lipinski definition) is 2. The average molecular weight is 623 g/mol. The number of likely N-dealkylation sites (tertiary alicyclic amines) is 1. The molecule has 0 spiro atoms. The standard InChI is InChI=1S/C37H45F3N2O3/c1-3-4-6-12-27-21-24-42(23-11-22-36(2,26-34(43)44)29-13-7-5-8-14-29)33(25-27)41-35(45)32-16-10-9-15-31(32)28-17-19-30(20-18-28)37(38,39)40/h5,7-10,13-20,27,33H,3-4,6,11-12,21-26H2,1-2H3,(H,41,45)(H,43,44). The summed E-state index contributed by atoms with van der Waals surface area (Å²) in [6, 6.07) is 21.7. The molecular weight excluding hydrogens is 577 g/mol. The van der Waals surface area contributed by atoms with E-state index in [0.29, 0.717) is 29.0 Å². The molecule has 0 aliphatic carbocycles. The van der Waals surface area contributed by atoms with Crippen LogP contribution in [-0.4, -0.2) is 41.1 Å². The molecule has 45 heavy (non-hydrogen) atoms. The Hall–Kier alpha value is -3.65. The van der Waals surface area contributed by atoms with Crippen molar-refractivity contribution in [1.82, 2.24) is 10.2 Å². The highest BCUT2D eigenvalue weighted by atomic mass is 19.4. The van der Waals surface area contributed by atoms with Gasteiger partial charge >= 0.3 is 12.1 Å². The van der Waals surface area contributed by atoms with Gasteiger partial charge in [-0.15, -0.1) is 0 Å². The van der Waals surface area contributed by atoms with Gasteiger partial charge in [0, 0.05) is 24.1 Å². The van der Waals surface area contributed by atoms with Crippen LogP contribution in [-0.2, 0) is 16.4 Å². The lowest BCUT2D eigenvalue weighted by molar-refractivity contribution is -0.139. The number of carbonyl (C=O) groups excluding carboxylic acids is 1. The molecule has 2 N–H and O–H groups in total. The van der Waals surface area contributed by atoms with Crippen molar-refractivity contribution in [3.05, 3.63) is 95.6 Å². The second kappa shape index (κ2) is 15.6. The average Bonchev–Trinajstić information content (AvgIpc) is 3.02. The third kappa shape index (κ3) is 9.42. The van der Waals surface area contributed by atoms with E-state index in [2.05, 4.69) is 17.1 Å². The van der Waals surface area contributed by atoms with E-state index in [9.17, 15) is 27.9 Å². The zero-order chi connectivity index (χ0) is 32.5. The Morgan fingerprint density at radius 2 is 1.60 bits per heavy atom. The van der Waals surface area contributed by atoms with Crippen molar-refractivity contribution in [2.75, 3.05) is 13.1 Å². The van der Waals surface area contributed by atoms with Crippen LogP contribution in [0.15, 0.2) is 78.9 Å².